The number of aliphatic hydroxyl groups is 1. The molecule has 1 saturated heterocycles. The van der Waals surface area contributed by atoms with E-state index in [2.05, 4.69) is 26.0 Å². The Kier molecular flexibility index (Phi) is 3.59. The number of allylic oxidation sites excluding steroid dienone is 2. The molecule has 138 valence electrons. The van der Waals surface area contributed by atoms with Gasteiger partial charge in [0.1, 0.15) is 12.9 Å². The van der Waals surface area contributed by atoms with Gasteiger partial charge in [-0.1, -0.05) is 26.0 Å². The van der Waals surface area contributed by atoms with Gasteiger partial charge in [0.05, 0.1) is 12.2 Å². The predicted octanol–water partition coefficient (Wildman–Crippen LogP) is 4.22. The molecule has 3 fully saturated rings. The number of hydrogen-bond donors (Lipinski definition) is 1. The van der Waals surface area contributed by atoms with Crippen molar-refractivity contribution in [2.75, 3.05) is 6.79 Å². The van der Waals surface area contributed by atoms with Crippen molar-refractivity contribution >= 4 is 0 Å². The Labute approximate surface area is 151 Å². The Morgan fingerprint density at radius 2 is 1.84 bits per heavy atom. The fourth-order valence-electron chi connectivity index (χ4n) is 7.50. The second-order valence-electron chi connectivity index (χ2n) is 9.67. The van der Waals surface area contributed by atoms with Crippen molar-refractivity contribution in [1.29, 1.82) is 0 Å². The second-order valence-corrected chi connectivity index (χ2v) is 9.67. The van der Waals surface area contributed by atoms with Gasteiger partial charge in [0, 0.05) is 0 Å². The van der Waals surface area contributed by atoms with Crippen molar-refractivity contribution in [2.24, 2.45) is 28.6 Å². The fourth-order valence-corrected chi connectivity index (χ4v) is 7.50. The number of fused-ring (bicyclic) bond motifs is 7. The highest BCUT2D eigenvalue weighted by Crippen LogP contribution is 2.65. The summed E-state index contributed by atoms with van der Waals surface area (Å²) in [5, 5.41) is 10.3. The molecule has 1 aliphatic heterocycles. The second kappa shape index (κ2) is 5.43. The third-order valence-electron chi connectivity index (χ3n) is 8.74. The summed E-state index contributed by atoms with van der Waals surface area (Å²) in [5.41, 5.74) is 3.35. The van der Waals surface area contributed by atoms with Crippen LogP contribution in [0, 0.1) is 28.6 Å². The zero-order valence-electron chi connectivity index (χ0n) is 15.8. The number of rotatable bonds is 1. The van der Waals surface area contributed by atoms with E-state index in [1.165, 1.54) is 31.3 Å². The van der Waals surface area contributed by atoms with Crippen LogP contribution in [0.3, 0.4) is 0 Å². The molecule has 0 bridgehead atoms. The summed E-state index contributed by atoms with van der Waals surface area (Å²) in [6.07, 6.45) is 12.3. The molecular weight excluding hydrogens is 312 g/mol. The Morgan fingerprint density at radius 1 is 1.04 bits per heavy atom. The molecule has 1 unspecified atom stereocenters. The van der Waals surface area contributed by atoms with Crippen molar-refractivity contribution in [1.82, 2.24) is 0 Å². The fraction of sp³-hybridized carbons (Fsp3) is 0.818. The first-order valence-corrected chi connectivity index (χ1v) is 10.3. The molecule has 3 heteroatoms. The van der Waals surface area contributed by atoms with Crippen LogP contribution in [0.25, 0.3) is 0 Å². The first-order valence-electron chi connectivity index (χ1n) is 10.3. The molecule has 1 N–H and O–H groups in total. The Bertz CT molecular complexity index is 635. The number of ether oxygens (including phenoxy) is 2. The highest BCUT2D eigenvalue weighted by molar-refractivity contribution is 5.33. The van der Waals surface area contributed by atoms with Crippen LogP contribution in [-0.2, 0) is 9.47 Å². The van der Waals surface area contributed by atoms with E-state index in [1.54, 1.807) is 5.57 Å². The van der Waals surface area contributed by atoms with E-state index in [4.69, 9.17) is 9.47 Å². The van der Waals surface area contributed by atoms with Crippen LogP contribution in [-0.4, -0.2) is 30.2 Å². The lowest BCUT2D eigenvalue weighted by Crippen LogP contribution is -2.53. The summed E-state index contributed by atoms with van der Waals surface area (Å²) in [6.45, 7) is 7.35. The SMILES string of the molecule is CC(O)C1=CC[C@H]2[C@@H]3CC=C4[C@H]5OCO[C@H]5CC[C@]4(C)[C@H]3CC[C@]12C. The van der Waals surface area contributed by atoms with E-state index in [-0.39, 0.29) is 23.0 Å². The minimum atomic E-state index is -0.295. The van der Waals surface area contributed by atoms with Gasteiger partial charge in [0.25, 0.3) is 0 Å². The van der Waals surface area contributed by atoms with Crippen LogP contribution in [0.2, 0.25) is 0 Å². The zero-order valence-corrected chi connectivity index (χ0v) is 15.8. The molecule has 0 aromatic carbocycles. The Morgan fingerprint density at radius 3 is 2.64 bits per heavy atom. The maximum Gasteiger partial charge on any atom is 0.148 e. The summed E-state index contributed by atoms with van der Waals surface area (Å²) in [6, 6.07) is 0. The van der Waals surface area contributed by atoms with Crippen molar-refractivity contribution < 1.29 is 14.6 Å². The molecule has 0 amide bonds. The van der Waals surface area contributed by atoms with Gasteiger partial charge in [0.15, 0.2) is 0 Å². The van der Waals surface area contributed by atoms with Crippen LogP contribution >= 0.6 is 0 Å². The maximum absolute atomic E-state index is 10.3. The highest BCUT2D eigenvalue weighted by atomic mass is 16.7. The van der Waals surface area contributed by atoms with Crippen LogP contribution in [0.5, 0.6) is 0 Å². The van der Waals surface area contributed by atoms with Crippen molar-refractivity contribution in [3.05, 3.63) is 23.3 Å². The normalized spacial score (nSPS) is 52.4. The summed E-state index contributed by atoms with van der Waals surface area (Å²) in [7, 11) is 0. The van der Waals surface area contributed by atoms with Crippen molar-refractivity contribution in [2.45, 2.75) is 77.6 Å². The average molecular weight is 344 g/mol. The summed E-state index contributed by atoms with van der Waals surface area (Å²) in [5.74, 6) is 2.21. The van der Waals surface area contributed by atoms with Gasteiger partial charge in [-0.25, -0.2) is 0 Å². The third kappa shape index (κ3) is 2.09. The quantitative estimate of drug-likeness (QED) is 0.724. The van der Waals surface area contributed by atoms with E-state index < -0.39 is 0 Å². The maximum atomic E-state index is 10.3. The van der Waals surface area contributed by atoms with E-state index in [0.717, 1.165) is 24.7 Å². The van der Waals surface area contributed by atoms with Gasteiger partial charge in [-0.15, -0.1) is 0 Å². The van der Waals surface area contributed by atoms with E-state index in [9.17, 15) is 5.11 Å². The van der Waals surface area contributed by atoms with Crippen LogP contribution in [0.4, 0.5) is 0 Å². The molecule has 4 aliphatic carbocycles. The standard InChI is InChI=1S/C22H32O3/c1-13(23)15-6-7-16-14-4-5-18-20-19(24-12-25-20)9-11-22(18,3)17(14)8-10-21(15,16)2/h5-6,13-14,16-17,19-20,23H,4,7-12H2,1-3H3/t13?,14-,16-,17-,19-,20+,21+,22+/m0/s1. The topological polar surface area (TPSA) is 38.7 Å². The van der Waals surface area contributed by atoms with Gasteiger partial charge < -0.3 is 14.6 Å². The van der Waals surface area contributed by atoms with Crippen molar-refractivity contribution in [3.63, 3.8) is 0 Å². The molecule has 0 aromatic heterocycles. The molecule has 5 rings (SSSR count). The predicted molar refractivity (Wildman–Crippen MR) is 96.8 cm³/mol. The van der Waals surface area contributed by atoms with Gasteiger partial charge in [-0.2, -0.15) is 0 Å². The molecule has 0 spiro atoms. The lowest BCUT2D eigenvalue weighted by Gasteiger charge is -2.58. The third-order valence-corrected chi connectivity index (χ3v) is 8.74. The lowest BCUT2D eigenvalue weighted by atomic mass is 9.47. The number of hydrogen-bond acceptors (Lipinski definition) is 3. The molecule has 8 atom stereocenters. The monoisotopic (exact) mass is 344 g/mol. The van der Waals surface area contributed by atoms with Gasteiger partial charge in [-0.05, 0) is 85.2 Å². The van der Waals surface area contributed by atoms with Gasteiger partial charge in [-0.3, -0.25) is 0 Å². The highest BCUT2D eigenvalue weighted by Gasteiger charge is 2.59. The van der Waals surface area contributed by atoms with Crippen LogP contribution < -0.4 is 0 Å². The van der Waals surface area contributed by atoms with Crippen LogP contribution in [0.1, 0.15) is 59.3 Å². The molecule has 0 aromatic rings. The van der Waals surface area contributed by atoms with Gasteiger partial charge in [0.2, 0.25) is 0 Å². The van der Waals surface area contributed by atoms with E-state index >= 15 is 0 Å². The van der Waals surface area contributed by atoms with Crippen LogP contribution in [0.15, 0.2) is 23.3 Å². The largest absolute Gasteiger partial charge is 0.389 e. The Hall–Kier alpha value is -0.640. The molecule has 5 aliphatic rings. The van der Waals surface area contributed by atoms with E-state index in [1.807, 2.05) is 6.92 Å². The molecule has 0 radical (unpaired) electrons. The minimum absolute atomic E-state index is 0.210. The first kappa shape index (κ1) is 16.5. The number of aliphatic hydroxyl groups excluding tert-OH is 1. The summed E-state index contributed by atoms with van der Waals surface area (Å²) >= 11 is 0. The Balaban J connectivity index is 1.49. The average Bonchev–Trinajstić information content (AvgIpc) is 3.17. The lowest BCUT2D eigenvalue weighted by molar-refractivity contribution is -0.0410. The van der Waals surface area contributed by atoms with E-state index in [0.29, 0.717) is 18.8 Å². The van der Waals surface area contributed by atoms with Crippen molar-refractivity contribution in [3.8, 4) is 0 Å². The summed E-state index contributed by atoms with van der Waals surface area (Å²) in [4.78, 5) is 0. The zero-order chi connectivity index (χ0) is 17.4. The first-order chi connectivity index (χ1) is 11.9. The molecule has 3 nitrogen and oxygen atoms in total. The minimum Gasteiger partial charge on any atom is -0.389 e. The summed E-state index contributed by atoms with van der Waals surface area (Å²) < 4.78 is 11.8. The molecule has 25 heavy (non-hydrogen) atoms. The molecule has 2 saturated carbocycles. The molecule has 1 heterocycles. The smallest absolute Gasteiger partial charge is 0.148 e. The van der Waals surface area contributed by atoms with Gasteiger partial charge >= 0.3 is 0 Å². The molecular formula is C22H32O3.